The van der Waals surface area contributed by atoms with Crippen LogP contribution in [0.3, 0.4) is 0 Å². The highest BCUT2D eigenvalue weighted by molar-refractivity contribution is 5.85. The van der Waals surface area contributed by atoms with Crippen molar-refractivity contribution in [2.45, 2.75) is 106 Å². The maximum Gasteiger partial charge on any atom is 0.330 e. The van der Waals surface area contributed by atoms with Crippen LogP contribution in [-0.4, -0.2) is 22.8 Å². The lowest BCUT2D eigenvalue weighted by Gasteiger charge is -2.65. The van der Waals surface area contributed by atoms with E-state index in [1.165, 1.54) is 44.9 Å². The number of hydrogen-bond donors (Lipinski definition) is 2. The Bertz CT molecular complexity index is 841. The van der Waals surface area contributed by atoms with E-state index in [1.54, 1.807) is 12.5 Å². The molecule has 4 aliphatic rings. The van der Waals surface area contributed by atoms with Crippen molar-refractivity contribution in [3.05, 3.63) is 23.3 Å². The van der Waals surface area contributed by atoms with Crippen molar-refractivity contribution in [1.29, 1.82) is 0 Å². The number of allylic oxidation sites excluding steroid dienone is 2. The summed E-state index contributed by atoms with van der Waals surface area (Å²) in [5, 5.41) is 19.4. The minimum Gasteiger partial charge on any atom is -0.478 e. The number of rotatable bonds is 6. The van der Waals surface area contributed by atoms with Gasteiger partial charge in [0.1, 0.15) is 0 Å². The maximum absolute atomic E-state index is 11.1. The van der Waals surface area contributed by atoms with E-state index in [2.05, 4.69) is 40.7 Å². The molecule has 0 radical (unpaired) electrons. The highest BCUT2D eigenvalue weighted by atomic mass is 16.4. The molecule has 2 N–H and O–H groups in total. The first kappa shape index (κ1) is 25.0. The summed E-state index contributed by atoms with van der Waals surface area (Å²) < 4.78 is 0. The molecule has 0 bridgehead atoms. The second-order valence-corrected chi connectivity index (χ2v) is 13.3. The van der Waals surface area contributed by atoms with Crippen LogP contribution in [0, 0.1) is 45.3 Å². The third-order valence-corrected chi connectivity index (χ3v) is 12.0. The van der Waals surface area contributed by atoms with Crippen molar-refractivity contribution in [2.75, 3.05) is 6.61 Å². The Kier molecular flexibility index (Phi) is 6.47. The van der Waals surface area contributed by atoms with Gasteiger partial charge in [-0.2, -0.15) is 0 Å². The molecule has 33 heavy (non-hydrogen) atoms. The Morgan fingerprint density at radius 3 is 2.52 bits per heavy atom. The average molecular weight is 457 g/mol. The lowest BCUT2D eigenvalue weighted by Crippen LogP contribution is -2.58. The third kappa shape index (κ3) is 3.67. The Morgan fingerprint density at radius 1 is 1.12 bits per heavy atom. The van der Waals surface area contributed by atoms with Gasteiger partial charge < -0.3 is 10.2 Å². The summed E-state index contributed by atoms with van der Waals surface area (Å²) in [5.41, 5.74) is 3.14. The second-order valence-electron chi connectivity index (χ2n) is 13.3. The van der Waals surface area contributed by atoms with Crippen LogP contribution in [0.15, 0.2) is 23.3 Å². The Labute approximate surface area is 202 Å². The van der Waals surface area contributed by atoms with Crippen LogP contribution in [-0.2, 0) is 4.79 Å². The van der Waals surface area contributed by atoms with Gasteiger partial charge in [-0.3, -0.25) is 0 Å². The Balaban J connectivity index is 1.58. The first-order valence-electron chi connectivity index (χ1n) is 13.6. The topological polar surface area (TPSA) is 57.5 Å². The Morgan fingerprint density at radius 2 is 1.85 bits per heavy atom. The summed E-state index contributed by atoms with van der Waals surface area (Å²) in [6, 6.07) is 0. The molecular formula is C30H48O3. The lowest BCUT2D eigenvalue weighted by molar-refractivity contribution is -0.141. The van der Waals surface area contributed by atoms with E-state index in [0.29, 0.717) is 40.3 Å². The molecule has 3 saturated carbocycles. The van der Waals surface area contributed by atoms with Gasteiger partial charge in [-0.25, -0.2) is 4.79 Å². The highest BCUT2D eigenvalue weighted by Gasteiger charge is 2.67. The standard InChI is InChI=1S/C30H48O3/c1-20(9-7-10-21(2)26(32)33)22-14-16-30(6)25-13-12-23-24(11-8-15-27(23,3)19-31)28(25,4)17-18-29(22,30)5/h10,12,20,22,24-25,31H,7-9,11,13-19H2,1-6H3,(H,32,33)/b21-10+/t20-,22-,24-,25-,27-,28+,29-,30+/m1/s1. The zero-order valence-corrected chi connectivity index (χ0v) is 22.0. The zero-order valence-electron chi connectivity index (χ0n) is 22.0. The molecule has 0 aliphatic heterocycles. The van der Waals surface area contributed by atoms with Crippen molar-refractivity contribution in [3.8, 4) is 0 Å². The van der Waals surface area contributed by atoms with Gasteiger partial charge in [0.2, 0.25) is 0 Å². The van der Waals surface area contributed by atoms with E-state index in [4.69, 9.17) is 5.11 Å². The van der Waals surface area contributed by atoms with E-state index in [-0.39, 0.29) is 5.41 Å². The van der Waals surface area contributed by atoms with E-state index >= 15 is 0 Å². The first-order valence-corrected chi connectivity index (χ1v) is 13.6. The van der Waals surface area contributed by atoms with E-state index in [9.17, 15) is 9.90 Å². The molecule has 0 saturated heterocycles. The van der Waals surface area contributed by atoms with Gasteiger partial charge in [0.25, 0.3) is 0 Å². The molecule has 186 valence electrons. The Hall–Kier alpha value is -1.09. The van der Waals surface area contributed by atoms with E-state index < -0.39 is 5.97 Å². The van der Waals surface area contributed by atoms with Crippen molar-refractivity contribution in [2.24, 2.45) is 45.3 Å². The summed E-state index contributed by atoms with van der Waals surface area (Å²) in [6.45, 7) is 14.6. The summed E-state index contributed by atoms with van der Waals surface area (Å²) in [5.74, 6) is 1.93. The molecule has 3 fully saturated rings. The number of aliphatic hydroxyl groups excluding tert-OH is 1. The fourth-order valence-electron chi connectivity index (χ4n) is 9.57. The van der Waals surface area contributed by atoms with Crippen LogP contribution in [0.1, 0.15) is 106 Å². The van der Waals surface area contributed by atoms with Gasteiger partial charge in [-0.05, 0) is 105 Å². The number of aliphatic carboxylic acids is 1. The molecule has 0 aromatic rings. The van der Waals surface area contributed by atoms with Gasteiger partial charge in [0, 0.05) is 11.0 Å². The number of aliphatic hydroxyl groups is 1. The predicted molar refractivity (Wildman–Crippen MR) is 135 cm³/mol. The summed E-state index contributed by atoms with van der Waals surface area (Å²) in [7, 11) is 0. The summed E-state index contributed by atoms with van der Waals surface area (Å²) in [4.78, 5) is 11.1. The molecule has 4 aliphatic carbocycles. The minimum absolute atomic E-state index is 0.00707. The molecule has 0 aromatic carbocycles. The summed E-state index contributed by atoms with van der Waals surface area (Å²) in [6.07, 6.45) is 16.6. The molecule has 3 nitrogen and oxygen atoms in total. The van der Waals surface area contributed by atoms with Crippen molar-refractivity contribution in [1.82, 2.24) is 0 Å². The molecule has 0 heterocycles. The predicted octanol–water partition coefficient (Wildman–Crippen LogP) is 7.40. The molecule has 0 aromatic heterocycles. The molecular weight excluding hydrogens is 408 g/mol. The van der Waals surface area contributed by atoms with Crippen LogP contribution in [0.25, 0.3) is 0 Å². The van der Waals surface area contributed by atoms with Crippen LogP contribution < -0.4 is 0 Å². The van der Waals surface area contributed by atoms with Gasteiger partial charge >= 0.3 is 5.97 Å². The van der Waals surface area contributed by atoms with Crippen LogP contribution in [0.2, 0.25) is 0 Å². The molecule has 4 rings (SSSR count). The van der Waals surface area contributed by atoms with Crippen molar-refractivity contribution < 1.29 is 15.0 Å². The fraction of sp³-hybridized carbons (Fsp3) is 0.833. The SMILES string of the molecule is C/C(=C\CC[C@@H](C)[C@H]1CC[C@@]2(C)[C@@H]3CC=C4[C@@H](CCC[C@]4(C)CO)[C@]3(C)CC[C@]12C)C(=O)O. The maximum atomic E-state index is 11.1. The molecule has 0 unspecified atom stereocenters. The fourth-order valence-corrected chi connectivity index (χ4v) is 9.57. The van der Waals surface area contributed by atoms with Gasteiger partial charge in [0.15, 0.2) is 0 Å². The first-order chi connectivity index (χ1) is 15.4. The second kappa shape index (κ2) is 8.54. The number of hydrogen-bond acceptors (Lipinski definition) is 2. The van der Waals surface area contributed by atoms with Crippen molar-refractivity contribution >= 4 is 5.97 Å². The van der Waals surface area contributed by atoms with Crippen LogP contribution in [0.5, 0.6) is 0 Å². The van der Waals surface area contributed by atoms with Crippen LogP contribution >= 0.6 is 0 Å². The smallest absolute Gasteiger partial charge is 0.330 e. The third-order valence-electron chi connectivity index (χ3n) is 12.0. The van der Waals surface area contributed by atoms with Crippen molar-refractivity contribution in [3.63, 3.8) is 0 Å². The highest BCUT2D eigenvalue weighted by Crippen LogP contribution is 2.74. The molecule has 8 atom stereocenters. The van der Waals surface area contributed by atoms with Gasteiger partial charge in [0.05, 0.1) is 6.61 Å². The number of carboxylic acids is 1. The normalized spacial score (nSPS) is 46.1. The monoisotopic (exact) mass is 456 g/mol. The number of fused-ring (bicyclic) bond motifs is 5. The zero-order chi connectivity index (χ0) is 24.2. The molecule has 0 spiro atoms. The number of carbonyl (C=O) groups is 1. The summed E-state index contributed by atoms with van der Waals surface area (Å²) >= 11 is 0. The van der Waals surface area contributed by atoms with Gasteiger partial charge in [-0.1, -0.05) is 58.8 Å². The van der Waals surface area contributed by atoms with E-state index in [1.807, 2.05) is 6.08 Å². The van der Waals surface area contributed by atoms with E-state index in [0.717, 1.165) is 31.1 Å². The minimum atomic E-state index is -0.792. The number of carboxylic acid groups (broad SMARTS) is 1. The quantitative estimate of drug-likeness (QED) is 0.323. The molecule has 0 amide bonds. The largest absolute Gasteiger partial charge is 0.478 e. The molecule has 3 heteroatoms. The average Bonchev–Trinajstić information content (AvgIpc) is 3.05. The van der Waals surface area contributed by atoms with Gasteiger partial charge in [-0.15, -0.1) is 0 Å². The van der Waals surface area contributed by atoms with Crippen LogP contribution in [0.4, 0.5) is 0 Å². The lowest BCUT2D eigenvalue weighted by atomic mass is 9.39.